The predicted molar refractivity (Wildman–Crippen MR) is 132 cm³/mol. The Morgan fingerprint density at radius 1 is 1.18 bits per heavy atom. The van der Waals surface area contributed by atoms with Crippen LogP contribution in [-0.4, -0.2) is 68.7 Å². The number of hydrogen-bond donors (Lipinski definition) is 2. The summed E-state index contributed by atoms with van der Waals surface area (Å²) in [5.41, 5.74) is 6.67. The molecule has 8 heteroatoms. The number of nitrogens with one attached hydrogen (secondary N) is 1. The lowest BCUT2D eigenvalue weighted by Crippen LogP contribution is -2.51. The van der Waals surface area contributed by atoms with Gasteiger partial charge < -0.3 is 20.7 Å². The van der Waals surface area contributed by atoms with E-state index in [-0.39, 0.29) is 12.0 Å². The molecule has 1 aromatic carbocycles. The number of nitrogens with zero attached hydrogens (tertiary/aromatic N) is 2. The third-order valence-electron chi connectivity index (χ3n) is 6.50. The second-order valence-electron chi connectivity index (χ2n) is 8.92. The highest BCUT2D eigenvalue weighted by molar-refractivity contribution is 6.30. The van der Waals surface area contributed by atoms with Gasteiger partial charge in [-0.2, -0.15) is 0 Å². The Kier molecular flexibility index (Phi) is 10.0. The fraction of sp³-hybridized carbons (Fsp3) is 0.600. The Hall–Kier alpha value is -2.09. The van der Waals surface area contributed by atoms with E-state index < -0.39 is 17.7 Å². The molecule has 1 aromatic rings. The Balaban J connectivity index is 1.51. The van der Waals surface area contributed by atoms with Gasteiger partial charge >= 0.3 is 0 Å². The van der Waals surface area contributed by atoms with Gasteiger partial charge in [0.05, 0.1) is 17.9 Å². The summed E-state index contributed by atoms with van der Waals surface area (Å²) in [4.78, 5) is 29.3. The van der Waals surface area contributed by atoms with Crippen LogP contribution in [0.15, 0.2) is 36.4 Å². The zero-order valence-corrected chi connectivity index (χ0v) is 20.3. The standard InChI is InChI=1S/C25H37ClN4O3/c1-2-3-15-33-21(17-28-25(32)23-10-5-4-9-22(23)24(27)31)18-29-11-13-30(14-12-29)20-8-6-7-19(26)16-20/h4-8,16,21-23H,2-3,9-15,17-18H2,1H3,(H2,27,31)(H,28,32)/t21?,22-,23+/m0/s1. The van der Waals surface area contributed by atoms with Gasteiger partial charge in [0.1, 0.15) is 0 Å². The third kappa shape index (κ3) is 7.73. The quantitative estimate of drug-likeness (QED) is 0.379. The topological polar surface area (TPSA) is 87.9 Å². The average Bonchev–Trinajstić information content (AvgIpc) is 2.82. The summed E-state index contributed by atoms with van der Waals surface area (Å²) in [6.07, 6.45) is 6.92. The van der Waals surface area contributed by atoms with Crippen molar-refractivity contribution >= 4 is 29.1 Å². The van der Waals surface area contributed by atoms with Gasteiger partial charge in [0.15, 0.2) is 0 Å². The van der Waals surface area contributed by atoms with Crippen molar-refractivity contribution in [3.05, 3.63) is 41.4 Å². The summed E-state index contributed by atoms with van der Waals surface area (Å²) in [5, 5.41) is 3.79. The minimum absolute atomic E-state index is 0.0932. The molecular weight excluding hydrogens is 440 g/mol. The molecule has 182 valence electrons. The van der Waals surface area contributed by atoms with E-state index in [1.165, 1.54) is 0 Å². The number of allylic oxidation sites excluding steroid dienone is 2. The number of nitrogens with two attached hydrogens (primary N) is 1. The highest BCUT2D eigenvalue weighted by Crippen LogP contribution is 2.25. The number of unbranched alkanes of at least 4 members (excludes halogenated alkanes) is 1. The molecule has 0 aromatic heterocycles. The molecule has 1 aliphatic heterocycles. The molecule has 2 aliphatic rings. The Bertz CT molecular complexity index is 811. The summed E-state index contributed by atoms with van der Waals surface area (Å²) < 4.78 is 6.13. The van der Waals surface area contributed by atoms with Gasteiger partial charge in [-0.1, -0.05) is 43.2 Å². The summed E-state index contributed by atoms with van der Waals surface area (Å²) in [5.74, 6) is -1.36. The summed E-state index contributed by atoms with van der Waals surface area (Å²) in [6.45, 7) is 7.69. The molecule has 0 spiro atoms. The smallest absolute Gasteiger partial charge is 0.224 e. The normalized spacial score (nSPS) is 22.2. The van der Waals surface area contributed by atoms with Crippen LogP contribution in [0.25, 0.3) is 0 Å². The van der Waals surface area contributed by atoms with Crippen LogP contribution in [0, 0.1) is 11.8 Å². The minimum Gasteiger partial charge on any atom is -0.375 e. The van der Waals surface area contributed by atoms with E-state index in [2.05, 4.69) is 28.1 Å². The molecule has 0 radical (unpaired) electrons. The molecule has 33 heavy (non-hydrogen) atoms. The highest BCUT2D eigenvalue weighted by Gasteiger charge is 2.33. The van der Waals surface area contributed by atoms with Crippen LogP contribution in [0.2, 0.25) is 5.02 Å². The maximum atomic E-state index is 12.8. The van der Waals surface area contributed by atoms with E-state index in [0.29, 0.717) is 26.0 Å². The van der Waals surface area contributed by atoms with Gasteiger partial charge in [0, 0.05) is 56.6 Å². The SMILES string of the molecule is CCCCOC(CNC(=O)[C@@H]1CC=CC[C@@H]1C(N)=O)CN1CCN(c2cccc(Cl)c2)CC1. The number of carbonyl (C=O) groups excluding carboxylic acids is 2. The largest absolute Gasteiger partial charge is 0.375 e. The molecule has 1 saturated heterocycles. The summed E-state index contributed by atoms with van der Waals surface area (Å²) >= 11 is 6.15. The third-order valence-corrected chi connectivity index (χ3v) is 6.73. The first kappa shape index (κ1) is 25.5. The number of halogens is 1. The first-order valence-corrected chi connectivity index (χ1v) is 12.4. The number of rotatable bonds is 11. The van der Waals surface area contributed by atoms with Crippen molar-refractivity contribution < 1.29 is 14.3 Å². The zero-order valence-electron chi connectivity index (χ0n) is 19.5. The van der Waals surface area contributed by atoms with E-state index in [0.717, 1.165) is 56.3 Å². The lowest BCUT2D eigenvalue weighted by Gasteiger charge is -2.37. The van der Waals surface area contributed by atoms with Crippen LogP contribution in [0.3, 0.4) is 0 Å². The summed E-state index contributed by atoms with van der Waals surface area (Å²) in [7, 11) is 0. The fourth-order valence-corrected chi connectivity index (χ4v) is 4.67. The molecule has 0 bridgehead atoms. The maximum absolute atomic E-state index is 12.8. The molecular formula is C25H37ClN4O3. The lowest BCUT2D eigenvalue weighted by molar-refractivity contribution is -0.133. The number of amides is 2. The van der Waals surface area contributed by atoms with E-state index in [9.17, 15) is 9.59 Å². The fourth-order valence-electron chi connectivity index (χ4n) is 4.48. The maximum Gasteiger partial charge on any atom is 0.224 e. The molecule has 0 saturated carbocycles. The first-order valence-electron chi connectivity index (χ1n) is 12.0. The van der Waals surface area contributed by atoms with E-state index in [1.54, 1.807) is 0 Å². The van der Waals surface area contributed by atoms with Crippen molar-refractivity contribution in [1.29, 1.82) is 0 Å². The molecule has 2 amide bonds. The van der Waals surface area contributed by atoms with E-state index in [1.807, 2.05) is 30.4 Å². The van der Waals surface area contributed by atoms with Crippen molar-refractivity contribution in [3.63, 3.8) is 0 Å². The molecule has 3 rings (SSSR count). The van der Waals surface area contributed by atoms with Crippen LogP contribution in [0.1, 0.15) is 32.6 Å². The van der Waals surface area contributed by atoms with Crippen LogP contribution in [0.4, 0.5) is 5.69 Å². The van der Waals surface area contributed by atoms with Gasteiger partial charge in [0.25, 0.3) is 0 Å². The highest BCUT2D eigenvalue weighted by atomic mass is 35.5. The second-order valence-corrected chi connectivity index (χ2v) is 9.35. The van der Waals surface area contributed by atoms with Crippen molar-refractivity contribution in [2.45, 2.75) is 38.7 Å². The van der Waals surface area contributed by atoms with Gasteiger partial charge in [-0.25, -0.2) is 0 Å². The van der Waals surface area contributed by atoms with Crippen molar-refractivity contribution in [1.82, 2.24) is 10.2 Å². The van der Waals surface area contributed by atoms with Gasteiger partial charge in [-0.3, -0.25) is 14.5 Å². The molecule has 1 heterocycles. The molecule has 1 fully saturated rings. The van der Waals surface area contributed by atoms with Gasteiger partial charge in [-0.05, 0) is 37.5 Å². The lowest BCUT2D eigenvalue weighted by atomic mass is 9.82. The molecule has 1 aliphatic carbocycles. The van der Waals surface area contributed by atoms with Crippen LogP contribution in [0.5, 0.6) is 0 Å². The van der Waals surface area contributed by atoms with Crippen LogP contribution < -0.4 is 16.0 Å². The number of hydrogen-bond acceptors (Lipinski definition) is 5. The van der Waals surface area contributed by atoms with E-state index in [4.69, 9.17) is 22.1 Å². The molecule has 3 atom stereocenters. The van der Waals surface area contributed by atoms with Crippen LogP contribution in [-0.2, 0) is 14.3 Å². The summed E-state index contributed by atoms with van der Waals surface area (Å²) in [6, 6.07) is 7.97. The average molecular weight is 477 g/mol. The first-order chi connectivity index (χ1) is 16.0. The molecule has 7 nitrogen and oxygen atoms in total. The Labute approximate surface area is 202 Å². The number of anilines is 1. The van der Waals surface area contributed by atoms with Crippen molar-refractivity contribution in [2.24, 2.45) is 17.6 Å². The van der Waals surface area contributed by atoms with Gasteiger partial charge in [0.2, 0.25) is 11.8 Å². The number of ether oxygens (including phenoxy) is 1. The van der Waals surface area contributed by atoms with E-state index >= 15 is 0 Å². The second kappa shape index (κ2) is 13.0. The monoisotopic (exact) mass is 476 g/mol. The zero-order chi connectivity index (χ0) is 23.6. The Morgan fingerprint density at radius 3 is 2.58 bits per heavy atom. The number of benzene rings is 1. The van der Waals surface area contributed by atoms with Crippen molar-refractivity contribution in [3.8, 4) is 0 Å². The number of primary amides is 1. The van der Waals surface area contributed by atoms with Crippen LogP contribution >= 0.6 is 11.6 Å². The Morgan fingerprint density at radius 2 is 1.91 bits per heavy atom. The van der Waals surface area contributed by atoms with Gasteiger partial charge in [-0.15, -0.1) is 0 Å². The minimum atomic E-state index is -0.436. The van der Waals surface area contributed by atoms with Crippen molar-refractivity contribution in [2.75, 3.05) is 50.8 Å². The molecule has 3 N–H and O–H groups in total. The molecule has 1 unspecified atom stereocenters. The number of carbonyl (C=O) groups is 2. The number of piperazine rings is 1. The predicted octanol–water partition coefficient (Wildman–Crippen LogP) is 2.83.